The summed E-state index contributed by atoms with van der Waals surface area (Å²) in [6.45, 7) is 7.23. The lowest BCUT2D eigenvalue weighted by molar-refractivity contribution is -0.109. The Labute approximate surface area is 186 Å². The zero-order valence-electron chi connectivity index (χ0n) is 17.9. The molecule has 0 amide bonds. The molecule has 2 saturated heterocycles. The number of aryl methyl sites for hydroxylation is 1. The number of rotatable bonds is 5. The Morgan fingerprint density at radius 3 is 2.68 bits per heavy atom. The van der Waals surface area contributed by atoms with Gasteiger partial charge in [0.15, 0.2) is 0 Å². The third-order valence-electron chi connectivity index (χ3n) is 6.07. The van der Waals surface area contributed by atoms with Crippen molar-refractivity contribution in [2.45, 2.75) is 26.4 Å². The van der Waals surface area contributed by atoms with Crippen LogP contribution < -0.4 is 10.1 Å². The molecule has 2 aliphatic rings. The van der Waals surface area contributed by atoms with Crippen LogP contribution in [0.2, 0.25) is 5.02 Å². The molecule has 0 spiro atoms. The second kappa shape index (κ2) is 8.99. The maximum atomic E-state index is 14.6. The average molecular weight is 445 g/mol. The summed E-state index contributed by atoms with van der Waals surface area (Å²) in [6.07, 6.45) is 2.61. The van der Waals surface area contributed by atoms with E-state index >= 15 is 0 Å². The normalized spacial score (nSPS) is 23.3. The van der Waals surface area contributed by atoms with E-state index < -0.39 is 5.82 Å². The van der Waals surface area contributed by atoms with Crippen LogP contribution in [0.4, 0.5) is 15.9 Å². The fourth-order valence-corrected chi connectivity index (χ4v) is 4.78. The molecule has 3 heterocycles. The first-order valence-corrected chi connectivity index (χ1v) is 10.9. The van der Waals surface area contributed by atoms with Gasteiger partial charge in [-0.1, -0.05) is 18.5 Å². The predicted molar refractivity (Wildman–Crippen MR) is 117 cm³/mol. The maximum Gasteiger partial charge on any atom is 0.149 e. The lowest BCUT2D eigenvalue weighted by atomic mass is 9.84. The number of piperidine rings is 1. The van der Waals surface area contributed by atoms with Crippen molar-refractivity contribution in [2.24, 2.45) is 11.8 Å². The number of fused-ring (bicyclic) bond motifs is 2. The largest absolute Gasteiger partial charge is 0.489 e. The van der Waals surface area contributed by atoms with Crippen LogP contribution in [-0.4, -0.2) is 49.3 Å². The van der Waals surface area contributed by atoms with E-state index in [2.05, 4.69) is 29.2 Å². The van der Waals surface area contributed by atoms with Gasteiger partial charge in [0, 0.05) is 42.2 Å². The number of benzene rings is 1. The number of nitrogens with one attached hydrogen (secondary N) is 1. The van der Waals surface area contributed by atoms with Gasteiger partial charge >= 0.3 is 0 Å². The van der Waals surface area contributed by atoms with Crippen molar-refractivity contribution in [3.8, 4) is 11.8 Å². The van der Waals surface area contributed by atoms with E-state index in [1.807, 2.05) is 13.0 Å². The van der Waals surface area contributed by atoms with E-state index in [9.17, 15) is 4.39 Å². The Morgan fingerprint density at radius 1 is 1.35 bits per heavy atom. The van der Waals surface area contributed by atoms with Crippen LogP contribution >= 0.6 is 11.6 Å². The Balaban J connectivity index is 1.66. The second-order valence-corrected chi connectivity index (χ2v) is 8.76. The van der Waals surface area contributed by atoms with Crippen molar-refractivity contribution >= 4 is 23.1 Å². The van der Waals surface area contributed by atoms with Crippen LogP contribution in [0.3, 0.4) is 0 Å². The Hall–Kier alpha value is -2.40. The van der Waals surface area contributed by atoms with Gasteiger partial charge in [-0.3, -0.25) is 0 Å². The molecular formula is C23H26ClFN4O2. The predicted octanol–water partition coefficient (Wildman–Crippen LogP) is 4.32. The molecule has 2 fully saturated rings. The average Bonchev–Trinajstić information content (AvgIpc) is 2.73. The Kier molecular flexibility index (Phi) is 6.33. The van der Waals surface area contributed by atoms with Gasteiger partial charge in [0.1, 0.15) is 23.5 Å². The molecular weight excluding hydrogens is 419 g/mol. The topological polar surface area (TPSA) is 70.4 Å². The van der Waals surface area contributed by atoms with Gasteiger partial charge in [-0.2, -0.15) is 5.26 Å². The summed E-state index contributed by atoms with van der Waals surface area (Å²) in [4.78, 5) is 6.83. The molecule has 0 aliphatic carbocycles. The van der Waals surface area contributed by atoms with Crippen molar-refractivity contribution < 1.29 is 13.9 Å². The molecule has 0 radical (unpaired) electrons. The van der Waals surface area contributed by atoms with Crippen molar-refractivity contribution in [3.05, 3.63) is 45.9 Å². The van der Waals surface area contributed by atoms with E-state index in [0.29, 0.717) is 30.9 Å². The van der Waals surface area contributed by atoms with E-state index in [4.69, 9.17) is 26.3 Å². The lowest BCUT2D eigenvalue weighted by Gasteiger charge is -2.45. The van der Waals surface area contributed by atoms with Crippen molar-refractivity contribution in [1.29, 1.82) is 5.26 Å². The fourth-order valence-electron chi connectivity index (χ4n) is 4.53. The van der Waals surface area contributed by atoms with E-state index in [1.165, 1.54) is 6.07 Å². The molecule has 31 heavy (non-hydrogen) atoms. The highest BCUT2D eigenvalue weighted by molar-refractivity contribution is 6.33. The first-order chi connectivity index (χ1) is 14.9. The molecule has 8 heteroatoms. The quantitative estimate of drug-likeness (QED) is 0.740. The van der Waals surface area contributed by atoms with Crippen molar-refractivity contribution in [1.82, 2.24) is 9.88 Å². The molecule has 0 saturated carbocycles. The standard InChI is InChI=1S/C23H26ClFN4O2/c1-4-15-8-27-23(28-20-18(24)5-14(7-26)6-19(20)25)13(2)21(15)31-22-16-9-29(3)10-17(22)12-30-11-16/h5-6,8,16-17,22H,4,9-12H2,1-3H3,(H,27,28). The lowest BCUT2D eigenvalue weighted by Crippen LogP contribution is -2.56. The van der Waals surface area contributed by atoms with Crippen LogP contribution in [0.25, 0.3) is 0 Å². The van der Waals surface area contributed by atoms with Gasteiger partial charge in [0.05, 0.1) is 35.6 Å². The number of pyridine rings is 1. The smallest absolute Gasteiger partial charge is 0.149 e. The molecule has 2 aromatic rings. The van der Waals surface area contributed by atoms with Crippen LogP contribution in [-0.2, 0) is 11.2 Å². The summed E-state index contributed by atoms with van der Waals surface area (Å²) >= 11 is 6.22. The minimum Gasteiger partial charge on any atom is -0.489 e. The zero-order chi connectivity index (χ0) is 22.1. The molecule has 1 N–H and O–H groups in total. The number of aromatic nitrogens is 1. The summed E-state index contributed by atoms with van der Waals surface area (Å²) < 4.78 is 27.0. The Bertz CT molecular complexity index is 988. The molecule has 6 nitrogen and oxygen atoms in total. The van der Waals surface area contributed by atoms with Crippen LogP contribution in [0, 0.1) is 35.9 Å². The number of anilines is 2. The molecule has 2 atom stereocenters. The number of hydrogen-bond donors (Lipinski definition) is 1. The molecule has 1 aromatic heterocycles. The molecule has 4 rings (SSSR count). The molecule has 1 aromatic carbocycles. The number of likely N-dealkylation sites (tertiary alicyclic amines) is 1. The van der Waals surface area contributed by atoms with Crippen LogP contribution in [0.15, 0.2) is 18.3 Å². The van der Waals surface area contributed by atoms with Crippen molar-refractivity contribution in [3.63, 3.8) is 0 Å². The Morgan fingerprint density at radius 2 is 2.06 bits per heavy atom. The van der Waals surface area contributed by atoms with Crippen molar-refractivity contribution in [2.75, 3.05) is 38.7 Å². The third-order valence-corrected chi connectivity index (χ3v) is 6.37. The van der Waals surface area contributed by atoms with Gasteiger partial charge in [0.25, 0.3) is 0 Å². The molecule has 164 valence electrons. The highest BCUT2D eigenvalue weighted by Gasteiger charge is 2.41. The van der Waals surface area contributed by atoms with Gasteiger partial charge in [-0.05, 0) is 32.5 Å². The van der Waals surface area contributed by atoms with Crippen LogP contribution in [0.1, 0.15) is 23.6 Å². The molecule has 2 aliphatic heterocycles. The number of ether oxygens (including phenoxy) is 2. The summed E-state index contributed by atoms with van der Waals surface area (Å²) in [5, 5.41) is 12.1. The highest BCUT2D eigenvalue weighted by atomic mass is 35.5. The van der Waals surface area contributed by atoms with E-state index in [-0.39, 0.29) is 22.4 Å². The second-order valence-electron chi connectivity index (χ2n) is 8.35. The maximum absolute atomic E-state index is 14.6. The van der Waals surface area contributed by atoms with Gasteiger partial charge in [-0.15, -0.1) is 0 Å². The number of nitrogens with zero attached hydrogens (tertiary/aromatic N) is 3. The summed E-state index contributed by atoms with van der Waals surface area (Å²) in [5.41, 5.74) is 2.07. The van der Waals surface area contributed by atoms with Gasteiger partial charge < -0.3 is 19.7 Å². The summed E-state index contributed by atoms with van der Waals surface area (Å²) in [7, 11) is 2.13. The summed E-state index contributed by atoms with van der Waals surface area (Å²) in [5.74, 6) is 1.27. The number of halogens is 2. The first-order valence-electron chi connectivity index (χ1n) is 10.5. The van der Waals surface area contributed by atoms with Gasteiger partial charge in [0.2, 0.25) is 0 Å². The first kappa shape index (κ1) is 21.8. The highest BCUT2D eigenvalue weighted by Crippen LogP contribution is 2.37. The third kappa shape index (κ3) is 4.33. The molecule has 2 bridgehead atoms. The minimum absolute atomic E-state index is 0.0689. The van der Waals surface area contributed by atoms with Crippen LogP contribution in [0.5, 0.6) is 5.75 Å². The monoisotopic (exact) mass is 444 g/mol. The number of hydrogen-bond acceptors (Lipinski definition) is 6. The number of nitriles is 1. The van der Waals surface area contributed by atoms with E-state index in [0.717, 1.165) is 42.5 Å². The summed E-state index contributed by atoms with van der Waals surface area (Å²) in [6, 6.07) is 4.49. The fraction of sp³-hybridized carbons (Fsp3) is 0.478. The zero-order valence-corrected chi connectivity index (χ0v) is 18.7. The minimum atomic E-state index is -0.603. The van der Waals surface area contributed by atoms with E-state index in [1.54, 1.807) is 6.20 Å². The molecule has 2 unspecified atom stereocenters. The van der Waals surface area contributed by atoms with Gasteiger partial charge in [-0.25, -0.2) is 9.37 Å². The SMILES string of the molecule is CCc1cnc(Nc2c(F)cc(C#N)cc2Cl)c(C)c1OC1C2COCC1CN(C)C2.